The molecule has 2 aromatic rings. The van der Waals surface area contributed by atoms with Gasteiger partial charge in [0, 0.05) is 32.5 Å². The molecule has 2 rings (SSSR count). The highest BCUT2D eigenvalue weighted by molar-refractivity contribution is 6.76. The maximum atomic E-state index is 6.47. The van der Waals surface area contributed by atoms with Gasteiger partial charge in [-0.1, -0.05) is 44.6 Å². The summed E-state index contributed by atoms with van der Waals surface area (Å²) in [5.41, 5.74) is 2.04. The van der Waals surface area contributed by atoms with Gasteiger partial charge in [0.15, 0.2) is 0 Å². The smallest absolute Gasteiger partial charge is 0.143 e. The lowest BCUT2D eigenvalue weighted by Crippen LogP contribution is -2.22. The van der Waals surface area contributed by atoms with E-state index in [1.54, 1.807) is 0 Å². The van der Waals surface area contributed by atoms with Crippen molar-refractivity contribution < 1.29 is 4.74 Å². The van der Waals surface area contributed by atoms with Crippen molar-refractivity contribution in [3.05, 3.63) is 29.0 Å². The minimum atomic E-state index is -1.03. The van der Waals surface area contributed by atoms with Crippen LogP contribution in [0.3, 0.4) is 0 Å². The molecule has 5 heteroatoms. The molecule has 0 amide bonds. The fraction of sp³-hybridized carbons (Fsp3) is 0.562. The van der Waals surface area contributed by atoms with E-state index in [1.807, 2.05) is 23.0 Å². The average Bonchev–Trinajstić information content (AvgIpc) is 2.81. The molecular weight excluding hydrogens is 300 g/mol. The Kier molecular flexibility index (Phi) is 5.46. The largest absolute Gasteiger partial charge is 0.361 e. The molecule has 0 bridgehead atoms. The highest BCUT2D eigenvalue weighted by Gasteiger charge is 2.13. The quantitative estimate of drug-likeness (QED) is 0.532. The van der Waals surface area contributed by atoms with E-state index in [0.29, 0.717) is 6.73 Å². The minimum absolute atomic E-state index is 0.546. The second-order valence-corrected chi connectivity index (χ2v) is 12.7. The Hall–Kier alpha value is -0.843. The monoisotopic (exact) mass is 324 g/mol. The molecule has 0 fully saturated rings. The van der Waals surface area contributed by atoms with Crippen molar-refractivity contribution in [1.82, 2.24) is 9.55 Å². The molecule has 2 heterocycles. The van der Waals surface area contributed by atoms with Crippen molar-refractivity contribution in [2.75, 3.05) is 6.61 Å². The highest BCUT2D eigenvalue weighted by atomic mass is 35.5. The number of ether oxygens (including phenoxy) is 1. The SMILES string of the molecule is CCCc1cnc2c(ccn2COCC[Si](C)(C)C)c1Cl. The summed E-state index contributed by atoms with van der Waals surface area (Å²) in [6.45, 7) is 10.6. The van der Waals surface area contributed by atoms with Crippen LogP contribution >= 0.6 is 11.6 Å². The lowest BCUT2D eigenvalue weighted by molar-refractivity contribution is 0.0899. The van der Waals surface area contributed by atoms with Crippen LogP contribution in [0.5, 0.6) is 0 Å². The van der Waals surface area contributed by atoms with Gasteiger partial charge in [-0.15, -0.1) is 0 Å². The Labute approximate surface area is 133 Å². The number of aryl methyl sites for hydroxylation is 1. The molecule has 0 aliphatic heterocycles. The van der Waals surface area contributed by atoms with Gasteiger partial charge < -0.3 is 9.30 Å². The molecule has 0 N–H and O–H groups in total. The molecule has 0 aliphatic rings. The van der Waals surface area contributed by atoms with Gasteiger partial charge >= 0.3 is 0 Å². The first kappa shape index (κ1) is 16.5. The van der Waals surface area contributed by atoms with Gasteiger partial charge in [0.25, 0.3) is 0 Å². The number of hydrogen-bond acceptors (Lipinski definition) is 2. The third-order valence-electron chi connectivity index (χ3n) is 3.54. The first-order valence-electron chi connectivity index (χ1n) is 7.62. The standard InChI is InChI=1S/C16H25ClN2OSi/c1-5-6-13-11-18-16-14(15(13)17)7-8-19(16)12-20-9-10-21(2,3)4/h7-8,11H,5-6,9-10,12H2,1-4H3. The predicted octanol–water partition coefficient (Wildman–Crippen LogP) is 4.95. The topological polar surface area (TPSA) is 27.1 Å². The van der Waals surface area contributed by atoms with E-state index in [2.05, 4.69) is 31.5 Å². The molecule has 2 aromatic heterocycles. The van der Waals surface area contributed by atoms with Crippen LogP contribution in [0, 0.1) is 0 Å². The van der Waals surface area contributed by atoms with E-state index >= 15 is 0 Å². The molecule has 0 aromatic carbocycles. The van der Waals surface area contributed by atoms with Crippen molar-refractivity contribution in [3.63, 3.8) is 0 Å². The normalized spacial score (nSPS) is 12.2. The fourth-order valence-electron chi connectivity index (χ4n) is 2.24. The number of fused-ring (bicyclic) bond motifs is 1. The molecule has 116 valence electrons. The lowest BCUT2D eigenvalue weighted by Gasteiger charge is -2.15. The molecule has 0 atom stereocenters. The van der Waals surface area contributed by atoms with Gasteiger partial charge in [0.05, 0.1) is 5.02 Å². The number of nitrogens with zero attached hydrogens (tertiary/aromatic N) is 2. The van der Waals surface area contributed by atoms with E-state index in [9.17, 15) is 0 Å². The van der Waals surface area contributed by atoms with Crippen LogP contribution in [0.4, 0.5) is 0 Å². The summed E-state index contributed by atoms with van der Waals surface area (Å²) in [4.78, 5) is 4.56. The molecular formula is C16H25ClN2OSi. The third kappa shape index (κ3) is 4.31. The zero-order chi connectivity index (χ0) is 15.5. The van der Waals surface area contributed by atoms with Crippen LogP contribution in [-0.2, 0) is 17.9 Å². The van der Waals surface area contributed by atoms with Gasteiger partial charge in [-0.25, -0.2) is 4.98 Å². The van der Waals surface area contributed by atoms with E-state index in [1.165, 1.54) is 6.04 Å². The number of hydrogen-bond donors (Lipinski definition) is 0. The van der Waals surface area contributed by atoms with E-state index in [-0.39, 0.29) is 0 Å². The number of aromatic nitrogens is 2. The Morgan fingerprint density at radius 1 is 1.33 bits per heavy atom. The summed E-state index contributed by atoms with van der Waals surface area (Å²) in [7, 11) is -1.03. The first-order valence-corrected chi connectivity index (χ1v) is 11.7. The van der Waals surface area contributed by atoms with Crippen LogP contribution < -0.4 is 0 Å². The highest BCUT2D eigenvalue weighted by Crippen LogP contribution is 2.27. The summed E-state index contributed by atoms with van der Waals surface area (Å²) < 4.78 is 7.82. The fourth-order valence-corrected chi connectivity index (χ4v) is 3.28. The summed E-state index contributed by atoms with van der Waals surface area (Å²) >= 11 is 6.47. The van der Waals surface area contributed by atoms with Gasteiger partial charge in [-0.2, -0.15) is 0 Å². The Morgan fingerprint density at radius 2 is 2.10 bits per heavy atom. The maximum Gasteiger partial charge on any atom is 0.143 e. The molecule has 3 nitrogen and oxygen atoms in total. The number of rotatable bonds is 7. The minimum Gasteiger partial charge on any atom is -0.361 e. The van der Waals surface area contributed by atoms with Gasteiger partial charge in [-0.05, 0) is 24.1 Å². The van der Waals surface area contributed by atoms with Crippen LogP contribution in [0.1, 0.15) is 18.9 Å². The molecule has 0 radical (unpaired) electrons. The van der Waals surface area contributed by atoms with Gasteiger partial charge in [0.1, 0.15) is 12.4 Å². The first-order chi connectivity index (χ1) is 9.92. The van der Waals surface area contributed by atoms with Crippen molar-refractivity contribution in [3.8, 4) is 0 Å². The molecule has 0 saturated heterocycles. The van der Waals surface area contributed by atoms with Crippen molar-refractivity contribution in [1.29, 1.82) is 0 Å². The van der Waals surface area contributed by atoms with E-state index in [4.69, 9.17) is 16.3 Å². The second-order valence-electron chi connectivity index (χ2n) is 6.72. The maximum absolute atomic E-state index is 6.47. The van der Waals surface area contributed by atoms with Crippen molar-refractivity contribution in [2.24, 2.45) is 0 Å². The predicted molar refractivity (Wildman–Crippen MR) is 92.8 cm³/mol. The van der Waals surface area contributed by atoms with Crippen molar-refractivity contribution >= 4 is 30.7 Å². The molecule has 0 spiro atoms. The Balaban J connectivity index is 2.07. The average molecular weight is 325 g/mol. The van der Waals surface area contributed by atoms with Crippen LogP contribution in [0.2, 0.25) is 30.7 Å². The van der Waals surface area contributed by atoms with E-state index in [0.717, 1.165) is 41.1 Å². The third-order valence-corrected chi connectivity index (χ3v) is 5.69. The number of pyridine rings is 1. The molecule has 0 aliphatic carbocycles. The summed E-state index contributed by atoms with van der Waals surface area (Å²) in [6.07, 6.45) is 5.95. The van der Waals surface area contributed by atoms with Crippen molar-refractivity contribution in [2.45, 2.75) is 52.2 Å². The van der Waals surface area contributed by atoms with E-state index < -0.39 is 8.07 Å². The second kappa shape index (κ2) is 6.94. The zero-order valence-corrected chi connectivity index (χ0v) is 15.2. The summed E-state index contributed by atoms with van der Waals surface area (Å²) in [5, 5.41) is 1.86. The summed E-state index contributed by atoms with van der Waals surface area (Å²) in [5.74, 6) is 0. The van der Waals surface area contributed by atoms with Crippen LogP contribution in [-0.4, -0.2) is 24.2 Å². The molecule has 0 unspecified atom stereocenters. The number of halogens is 1. The molecule has 0 saturated carbocycles. The zero-order valence-electron chi connectivity index (χ0n) is 13.4. The Morgan fingerprint density at radius 3 is 2.76 bits per heavy atom. The molecule has 21 heavy (non-hydrogen) atoms. The van der Waals surface area contributed by atoms with Gasteiger partial charge in [-0.3, -0.25) is 0 Å². The Bertz CT molecular complexity index is 604. The van der Waals surface area contributed by atoms with Crippen LogP contribution in [0.25, 0.3) is 11.0 Å². The lowest BCUT2D eigenvalue weighted by atomic mass is 10.1. The summed E-state index contributed by atoms with van der Waals surface area (Å²) in [6, 6.07) is 3.22. The van der Waals surface area contributed by atoms with Gasteiger partial charge in [0.2, 0.25) is 0 Å². The van der Waals surface area contributed by atoms with Crippen LogP contribution in [0.15, 0.2) is 18.5 Å².